The highest BCUT2D eigenvalue weighted by Crippen LogP contribution is 2.43. The second-order valence-corrected chi connectivity index (χ2v) is 7.93. The van der Waals surface area contributed by atoms with Crippen molar-refractivity contribution >= 4 is 17.6 Å². The van der Waals surface area contributed by atoms with Crippen LogP contribution in [0.1, 0.15) is 50.6 Å². The van der Waals surface area contributed by atoms with E-state index in [1.54, 1.807) is 0 Å². The molecule has 2 spiro atoms. The molecule has 1 atom stereocenters. The van der Waals surface area contributed by atoms with Crippen molar-refractivity contribution in [1.82, 2.24) is 10.2 Å². The average molecular weight is 365 g/mol. The van der Waals surface area contributed by atoms with Crippen molar-refractivity contribution in [3.8, 4) is 0 Å². The second-order valence-electron chi connectivity index (χ2n) is 7.49. The van der Waals surface area contributed by atoms with Crippen LogP contribution in [-0.2, 0) is 9.47 Å². The van der Waals surface area contributed by atoms with E-state index in [-0.39, 0.29) is 23.4 Å². The van der Waals surface area contributed by atoms with Gasteiger partial charge in [0.1, 0.15) is 0 Å². The molecule has 25 heavy (non-hydrogen) atoms. The third-order valence-electron chi connectivity index (χ3n) is 6.07. The van der Waals surface area contributed by atoms with Gasteiger partial charge in [0, 0.05) is 29.9 Å². The predicted octanol–water partition coefficient (Wildman–Crippen LogP) is 3.87. The van der Waals surface area contributed by atoms with Crippen LogP contribution in [0.2, 0.25) is 5.02 Å². The summed E-state index contributed by atoms with van der Waals surface area (Å²) in [6.07, 6.45) is 4.52. The van der Waals surface area contributed by atoms with Crippen molar-refractivity contribution in [3.63, 3.8) is 0 Å². The van der Waals surface area contributed by atoms with Crippen LogP contribution in [0, 0.1) is 0 Å². The summed E-state index contributed by atoms with van der Waals surface area (Å²) in [5.74, 6) is -0.385. The number of carbonyl (C=O) groups is 1. The smallest absolute Gasteiger partial charge is 0.318 e. The molecule has 6 heteroatoms. The van der Waals surface area contributed by atoms with Crippen LogP contribution in [0.25, 0.3) is 0 Å². The molecule has 1 aliphatic carbocycles. The molecule has 3 aliphatic rings. The lowest BCUT2D eigenvalue weighted by molar-refractivity contribution is -0.187. The number of hydrogen-bond acceptors (Lipinski definition) is 3. The van der Waals surface area contributed by atoms with Crippen molar-refractivity contribution in [2.24, 2.45) is 0 Å². The number of hydrogen-bond donors (Lipinski definition) is 1. The number of benzene rings is 1. The Balaban J connectivity index is 1.40. The fraction of sp³-hybridized carbons (Fsp3) is 0.632. The molecule has 5 nitrogen and oxygen atoms in total. The average Bonchev–Trinajstić information content (AvgIpc) is 3.07. The van der Waals surface area contributed by atoms with Gasteiger partial charge in [0.05, 0.1) is 19.3 Å². The highest BCUT2D eigenvalue weighted by molar-refractivity contribution is 6.30. The quantitative estimate of drug-likeness (QED) is 0.866. The van der Waals surface area contributed by atoms with Gasteiger partial charge < -0.3 is 19.7 Å². The number of rotatable bonds is 2. The van der Waals surface area contributed by atoms with Gasteiger partial charge in [-0.1, -0.05) is 23.7 Å². The van der Waals surface area contributed by atoms with Crippen LogP contribution < -0.4 is 5.32 Å². The van der Waals surface area contributed by atoms with Crippen molar-refractivity contribution in [1.29, 1.82) is 0 Å². The monoisotopic (exact) mass is 364 g/mol. The molecule has 1 aromatic rings. The molecule has 0 aromatic heterocycles. The molecular formula is C19H25ClN2O3. The summed E-state index contributed by atoms with van der Waals surface area (Å²) < 4.78 is 11.6. The Bertz CT molecular complexity index is 633. The van der Waals surface area contributed by atoms with Crippen molar-refractivity contribution in [2.75, 3.05) is 19.8 Å². The number of urea groups is 1. The summed E-state index contributed by atoms with van der Waals surface area (Å²) in [5.41, 5.74) is 0.999. The predicted molar refractivity (Wildman–Crippen MR) is 95.6 cm³/mol. The first kappa shape index (κ1) is 17.1. The Hall–Kier alpha value is -1.30. The molecule has 3 fully saturated rings. The fourth-order valence-electron chi connectivity index (χ4n) is 4.36. The lowest BCUT2D eigenvalue weighted by atomic mass is 9.75. The molecule has 4 rings (SSSR count). The van der Waals surface area contributed by atoms with Crippen LogP contribution >= 0.6 is 11.6 Å². The lowest BCUT2D eigenvalue weighted by Crippen LogP contribution is -2.62. The van der Waals surface area contributed by atoms with Crippen LogP contribution in [0.3, 0.4) is 0 Å². The summed E-state index contributed by atoms with van der Waals surface area (Å²) in [6.45, 7) is 4.21. The van der Waals surface area contributed by atoms with Crippen LogP contribution in [0.5, 0.6) is 0 Å². The Morgan fingerprint density at radius 1 is 1.08 bits per heavy atom. The van der Waals surface area contributed by atoms with Gasteiger partial charge in [0.2, 0.25) is 0 Å². The maximum absolute atomic E-state index is 12.8. The summed E-state index contributed by atoms with van der Waals surface area (Å²) in [7, 11) is 0. The normalized spacial score (nSPS) is 26.0. The van der Waals surface area contributed by atoms with Gasteiger partial charge in [-0.2, -0.15) is 0 Å². The van der Waals surface area contributed by atoms with E-state index in [2.05, 4.69) is 12.2 Å². The Labute approximate surface area is 153 Å². The van der Waals surface area contributed by atoms with Gasteiger partial charge in [-0.3, -0.25) is 0 Å². The van der Waals surface area contributed by atoms with Crippen molar-refractivity contribution < 1.29 is 14.3 Å². The highest BCUT2D eigenvalue weighted by Gasteiger charge is 2.49. The van der Waals surface area contributed by atoms with Gasteiger partial charge in [-0.25, -0.2) is 4.79 Å². The van der Waals surface area contributed by atoms with E-state index in [0.29, 0.717) is 18.2 Å². The molecule has 2 saturated heterocycles. The molecule has 0 bridgehead atoms. The number of ether oxygens (including phenoxy) is 2. The van der Waals surface area contributed by atoms with Gasteiger partial charge >= 0.3 is 6.03 Å². The molecule has 2 heterocycles. The summed E-state index contributed by atoms with van der Waals surface area (Å²) >= 11 is 5.97. The van der Waals surface area contributed by atoms with Crippen molar-refractivity contribution in [3.05, 3.63) is 34.9 Å². The first-order chi connectivity index (χ1) is 12.0. The van der Waals surface area contributed by atoms with E-state index < -0.39 is 0 Å². The fourth-order valence-corrected chi connectivity index (χ4v) is 4.48. The Kier molecular flexibility index (Phi) is 4.42. The molecule has 2 aliphatic heterocycles. The van der Waals surface area contributed by atoms with E-state index in [9.17, 15) is 4.79 Å². The molecule has 1 N–H and O–H groups in total. The lowest BCUT2D eigenvalue weighted by Gasteiger charge is -2.49. The first-order valence-electron chi connectivity index (χ1n) is 9.13. The van der Waals surface area contributed by atoms with E-state index in [1.165, 1.54) is 0 Å². The van der Waals surface area contributed by atoms with Gasteiger partial charge in [0.15, 0.2) is 5.79 Å². The SMILES string of the molecule is C[C@@H](c1ccc(Cl)cc1)N1CCC2(CCC3(CC2)OCCO3)NC1=O. The number of nitrogens with zero attached hydrogens (tertiary/aromatic N) is 1. The number of halogens is 1. The molecule has 0 radical (unpaired) electrons. The highest BCUT2D eigenvalue weighted by atomic mass is 35.5. The van der Waals surface area contributed by atoms with E-state index in [4.69, 9.17) is 21.1 Å². The summed E-state index contributed by atoms with van der Waals surface area (Å²) in [6, 6.07) is 7.79. The Morgan fingerprint density at radius 2 is 1.72 bits per heavy atom. The topological polar surface area (TPSA) is 50.8 Å². The molecule has 1 aromatic carbocycles. The number of carbonyl (C=O) groups excluding carboxylic acids is 1. The summed E-state index contributed by atoms with van der Waals surface area (Å²) in [4.78, 5) is 14.7. The minimum absolute atomic E-state index is 0.0258. The Morgan fingerprint density at radius 3 is 2.32 bits per heavy atom. The first-order valence-corrected chi connectivity index (χ1v) is 9.51. The molecule has 0 unspecified atom stereocenters. The molecule has 2 amide bonds. The molecular weight excluding hydrogens is 340 g/mol. The van der Waals surface area contributed by atoms with Crippen LogP contribution in [-0.4, -0.2) is 42.0 Å². The van der Waals surface area contributed by atoms with E-state index in [0.717, 1.165) is 44.2 Å². The number of amides is 2. The largest absolute Gasteiger partial charge is 0.348 e. The molecule has 1 saturated carbocycles. The molecule has 136 valence electrons. The zero-order valence-electron chi connectivity index (χ0n) is 14.6. The van der Waals surface area contributed by atoms with Crippen LogP contribution in [0.15, 0.2) is 24.3 Å². The zero-order valence-corrected chi connectivity index (χ0v) is 15.3. The van der Waals surface area contributed by atoms with Crippen molar-refractivity contribution in [2.45, 2.75) is 56.4 Å². The van der Waals surface area contributed by atoms with Gasteiger partial charge in [0.25, 0.3) is 0 Å². The van der Waals surface area contributed by atoms with E-state index in [1.807, 2.05) is 29.2 Å². The number of nitrogens with one attached hydrogen (secondary N) is 1. The minimum atomic E-state index is -0.385. The van der Waals surface area contributed by atoms with Crippen LogP contribution in [0.4, 0.5) is 4.79 Å². The third kappa shape index (κ3) is 3.25. The minimum Gasteiger partial charge on any atom is -0.348 e. The van der Waals surface area contributed by atoms with Gasteiger partial charge in [-0.15, -0.1) is 0 Å². The standard InChI is InChI=1S/C19H25ClN2O3/c1-14(15-2-4-16(20)5-3-15)22-11-10-18(21-17(22)23)6-8-19(9-7-18)24-12-13-25-19/h2-5,14H,6-13H2,1H3,(H,21,23)/t14-/m0/s1. The maximum atomic E-state index is 12.8. The third-order valence-corrected chi connectivity index (χ3v) is 6.32. The zero-order chi connectivity index (χ0) is 17.5. The van der Waals surface area contributed by atoms with Gasteiger partial charge in [-0.05, 0) is 43.9 Å². The summed E-state index contributed by atoms with van der Waals surface area (Å²) in [5, 5.41) is 4.01. The maximum Gasteiger partial charge on any atom is 0.318 e. The second kappa shape index (κ2) is 6.45. The van der Waals surface area contributed by atoms with E-state index >= 15 is 0 Å².